The van der Waals surface area contributed by atoms with E-state index in [-0.39, 0.29) is 11.9 Å². The van der Waals surface area contributed by atoms with Gasteiger partial charge in [-0.25, -0.2) is 0 Å². The van der Waals surface area contributed by atoms with Gasteiger partial charge in [0.15, 0.2) is 0 Å². The van der Waals surface area contributed by atoms with Gasteiger partial charge in [-0.05, 0) is 25.7 Å². The molecule has 0 aliphatic carbocycles. The first-order chi connectivity index (χ1) is 34.6. The van der Waals surface area contributed by atoms with Gasteiger partial charge >= 0.3 is 11.9 Å². The SMILES string of the molecule is CCCCCCCCCCCCCCCCCC(=O)OCCCCCCCCCCCCCCCC.CCCCCCCCCCCCCCCCOC(=O)CCCCCCCCCCCCCCC. The van der Waals surface area contributed by atoms with Crippen molar-refractivity contribution in [3.63, 3.8) is 0 Å². The first-order valence-electron chi connectivity index (χ1n) is 32.9. The second-order valence-electron chi connectivity index (χ2n) is 22.3. The molecule has 0 N–H and O–H groups in total. The van der Waals surface area contributed by atoms with E-state index in [2.05, 4.69) is 27.7 Å². The quantitative estimate of drug-likeness (QED) is 0.0450. The van der Waals surface area contributed by atoms with Gasteiger partial charge in [0.25, 0.3) is 0 Å². The molecule has 0 aliphatic heterocycles. The van der Waals surface area contributed by atoms with E-state index in [0.717, 1.165) is 25.7 Å². The predicted molar refractivity (Wildman–Crippen MR) is 312 cm³/mol. The predicted octanol–water partition coefficient (Wildman–Crippen LogP) is 23.8. The largest absolute Gasteiger partial charge is 0.466 e. The molecule has 0 unspecified atom stereocenters. The Kier molecular flexibility index (Phi) is 68.9. The number of unbranched alkanes of at least 4 members (excludes halogenated alkanes) is 52. The van der Waals surface area contributed by atoms with Gasteiger partial charge < -0.3 is 9.47 Å². The number of hydrogen-bond acceptors (Lipinski definition) is 4. The van der Waals surface area contributed by atoms with Crippen LogP contribution >= 0.6 is 0 Å². The molecule has 0 saturated carbocycles. The molecule has 0 aromatic heterocycles. The van der Waals surface area contributed by atoms with Gasteiger partial charge in [0.1, 0.15) is 0 Å². The third-order valence-corrected chi connectivity index (χ3v) is 15.0. The number of carbonyl (C=O) groups is 2. The van der Waals surface area contributed by atoms with Gasteiger partial charge in [0.2, 0.25) is 0 Å². The Bertz CT molecular complexity index is 897. The molecule has 0 aromatic carbocycles. The van der Waals surface area contributed by atoms with Crippen LogP contribution in [0.3, 0.4) is 0 Å². The maximum absolute atomic E-state index is 11.9. The van der Waals surface area contributed by atoms with Crippen molar-refractivity contribution in [1.29, 1.82) is 0 Å². The molecular weight excluding hydrogens is 857 g/mol. The number of ether oxygens (including phenoxy) is 2. The minimum Gasteiger partial charge on any atom is -0.466 e. The standard InChI is InChI=1S/C34H68O2.C32H64O2/c1-3-5-7-9-11-13-15-17-19-20-22-24-26-28-30-32-34(35)36-33-31-29-27-25-23-21-18-16-14-12-10-8-6-4-2;1-3-5-7-9-11-13-15-17-19-21-23-25-27-29-31-34-32(33)30-28-26-24-22-20-18-16-14-12-10-8-6-4-2/h3-33H2,1-2H3;3-31H2,1-2H3. The summed E-state index contributed by atoms with van der Waals surface area (Å²) in [7, 11) is 0. The normalized spacial score (nSPS) is 11.3. The van der Waals surface area contributed by atoms with Crippen molar-refractivity contribution in [3.05, 3.63) is 0 Å². The van der Waals surface area contributed by atoms with Crippen LogP contribution in [0.5, 0.6) is 0 Å². The molecule has 0 amide bonds. The first kappa shape index (κ1) is 71.0. The Morgan fingerprint density at radius 3 is 0.471 bits per heavy atom. The molecule has 0 rings (SSSR count). The average Bonchev–Trinajstić information content (AvgIpc) is 3.36. The van der Waals surface area contributed by atoms with E-state index in [1.54, 1.807) is 0 Å². The van der Waals surface area contributed by atoms with Crippen LogP contribution in [0, 0.1) is 0 Å². The van der Waals surface area contributed by atoms with Gasteiger partial charge in [-0.2, -0.15) is 0 Å². The van der Waals surface area contributed by atoms with E-state index in [1.165, 1.54) is 334 Å². The van der Waals surface area contributed by atoms with Gasteiger partial charge in [0.05, 0.1) is 13.2 Å². The Morgan fingerprint density at radius 2 is 0.314 bits per heavy atom. The minimum absolute atomic E-state index is 0.0257. The van der Waals surface area contributed by atoms with E-state index in [1.807, 2.05) is 0 Å². The van der Waals surface area contributed by atoms with Crippen molar-refractivity contribution in [3.8, 4) is 0 Å². The van der Waals surface area contributed by atoms with Crippen molar-refractivity contribution in [2.24, 2.45) is 0 Å². The van der Waals surface area contributed by atoms with E-state index in [4.69, 9.17) is 9.47 Å². The zero-order valence-corrected chi connectivity index (χ0v) is 49.1. The van der Waals surface area contributed by atoms with Crippen molar-refractivity contribution < 1.29 is 19.1 Å². The second-order valence-corrected chi connectivity index (χ2v) is 22.3. The van der Waals surface area contributed by atoms with Crippen molar-refractivity contribution >= 4 is 11.9 Å². The summed E-state index contributed by atoms with van der Waals surface area (Å²) in [6, 6.07) is 0. The van der Waals surface area contributed by atoms with E-state index in [9.17, 15) is 9.59 Å². The van der Waals surface area contributed by atoms with E-state index < -0.39 is 0 Å². The Balaban J connectivity index is 0. The van der Waals surface area contributed by atoms with E-state index >= 15 is 0 Å². The van der Waals surface area contributed by atoms with Crippen LogP contribution in [0.2, 0.25) is 0 Å². The summed E-state index contributed by atoms with van der Waals surface area (Å²) >= 11 is 0. The molecule has 0 fully saturated rings. The molecule has 420 valence electrons. The van der Waals surface area contributed by atoms with Gasteiger partial charge in [-0.3, -0.25) is 9.59 Å². The number of esters is 2. The topological polar surface area (TPSA) is 52.6 Å². The molecule has 0 radical (unpaired) electrons. The number of rotatable bonds is 60. The lowest BCUT2D eigenvalue weighted by Gasteiger charge is -2.06. The molecule has 0 atom stereocenters. The summed E-state index contributed by atoms with van der Waals surface area (Å²) in [5, 5.41) is 0. The Labute approximate surface area is 442 Å². The summed E-state index contributed by atoms with van der Waals surface area (Å²) in [5.41, 5.74) is 0. The molecular formula is C66H132O4. The van der Waals surface area contributed by atoms with Crippen molar-refractivity contribution in [2.45, 2.75) is 400 Å². The fourth-order valence-corrected chi connectivity index (χ4v) is 10.0. The number of hydrogen-bond donors (Lipinski definition) is 0. The lowest BCUT2D eigenvalue weighted by Crippen LogP contribution is -2.05. The lowest BCUT2D eigenvalue weighted by atomic mass is 10.0. The highest BCUT2D eigenvalue weighted by Crippen LogP contribution is 2.18. The summed E-state index contributed by atoms with van der Waals surface area (Å²) in [6.45, 7) is 10.4. The third kappa shape index (κ3) is 69.0. The molecule has 0 heterocycles. The van der Waals surface area contributed by atoms with Crippen LogP contribution in [-0.2, 0) is 19.1 Å². The monoisotopic (exact) mass is 989 g/mol. The first-order valence-corrected chi connectivity index (χ1v) is 32.9. The van der Waals surface area contributed by atoms with Crippen molar-refractivity contribution in [1.82, 2.24) is 0 Å². The van der Waals surface area contributed by atoms with Crippen LogP contribution in [0.15, 0.2) is 0 Å². The molecule has 70 heavy (non-hydrogen) atoms. The molecule has 4 heteroatoms. The highest BCUT2D eigenvalue weighted by Gasteiger charge is 2.05. The Hall–Kier alpha value is -1.06. The van der Waals surface area contributed by atoms with Crippen LogP contribution in [0.4, 0.5) is 0 Å². The lowest BCUT2D eigenvalue weighted by molar-refractivity contribution is -0.144. The molecule has 0 bridgehead atoms. The van der Waals surface area contributed by atoms with Crippen molar-refractivity contribution in [2.75, 3.05) is 13.2 Å². The molecule has 0 aliphatic rings. The molecule has 4 nitrogen and oxygen atoms in total. The van der Waals surface area contributed by atoms with E-state index in [0.29, 0.717) is 26.1 Å². The summed E-state index contributed by atoms with van der Waals surface area (Å²) in [5.74, 6) is 0.0529. The summed E-state index contributed by atoms with van der Waals surface area (Å²) < 4.78 is 10.8. The maximum atomic E-state index is 11.9. The van der Waals surface area contributed by atoms with Gasteiger partial charge in [-0.1, -0.05) is 362 Å². The highest BCUT2D eigenvalue weighted by atomic mass is 16.5. The van der Waals surface area contributed by atoms with Gasteiger partial charge in [0, 0.05) is 12.8 Å². The van der Waals surface area contributed by atoms with Crippen LogP contribution in [0.25, 0.3) is 0 Å². The fraction of sp³-hybridized carbons (Fsp3) is 0.970. The van der Waals surface area contributed by atoms with Crippen LogP contribution in [-0.4, -0.2) is 25.2 Å². The van der Waals surface area contributed by atoms with Gasteiger partial charge in [-0.15, -0.1) is 0 Å². The fourth-order valence-electron chi connectivity index (χ4n) is 10.0. The van der Waals surface area contributed by atoms with Crippen LogP contribution < -0.4 is 0 Å². The minimum atomic E-state index is 0.0257. The molecule has 0 saturated heterocycles. The summed E-state index contributed by atoms with van der Waals surface area (Å²) in [4.78, 5) is 23.7. The average molecular weight is 990 g/mol. The maximum Gasteiger partial charge on any atom is 0.305 e. The highest BCUT2D eigenvalue weighted by molar-refractivity contribution is 5.69. The second kappa shape index (κ2) is 67.9. The zero-order chi connectivity index (χ0) is 51.0. The molecule has 0 spiro atoms. The summed E-state index contributed by atoms with van der Waals surface area (Å²) in [6.07, 6.45) is 77.3. The van der Waals surface area contributed by atoms with Crippen LogP contribution in [0.1, 0.15) is 400 Å². The zero-order valence-electron chi connectivity index (χ0n) is 49.1. The Morgan fingerprint density at radius 1 is 0.186 bits per heavy atom. The smallest absolute Gasteiger partial charge is 0.305 e. The number of carbonyl (C=O) groups excluding carboxylic acids is 2. The molecule has 0 aromatic rings. The third-order valence-electron chi connectivity index (χ3n) is 15.0.